The molecule has 0 aliphatic rings. The van der Waals surface area contributed by atoms with Gasteiger partial charge >= 0.3 is 0 Å². The van der Waals surface area contributed by atoms with Gasteiger partial charge in [-0.2, -0.15) is 0 Å². The molecular weight excluding hydrogens is 100 g/mol. The van der Waals surface area contributed by atoms with Crippen molar-refractivity contribution >= 4 is 6.29 Å². The number of rotatable bonds is 3. The molecule has 0 aromatic heterocycles. The van der Waals surface area contributed by atoms with E-state index in [2.05, 4.69) is 0 Å². The van der Waals surface area contributed by atoms with Gasteiger partial charge in [-0.3, -0.25) is 0 Å². The van der Waals surface area contributed by atoms with Crippen molar-refractivity contribution in [1.82, 2.24) is 0 Å². The second-order valence-electron chi connectivity index (χ2n) is 2.48. The zero-order chi connectivity index (χ0) is 6.62. The Hall–Kier alpha value is -0.330. The Morgan fingerprint density at radius 3 is 1.75 bits per heavy atom. The number of hydrogen-bond donors (Lipinski definition) is 0. The predicted molar refractivity (Wildman–Crippen MR) is 34.8 cm³/mol. The molecule has 0 atom stereocenters. The van der Waals surface area contributed by atoms with E-state index in [9.17, 15) is 4.79 Å². The molecule has 0 N–H and O–H groups in total. The molecule has 0 amide bonds. The van der Waals surface area contributed by atoms with Gasteiger partial charge < -0.3 is 4.79 Å². The normalized spacial score (nSPS) is 11.4. The summed E-state index contributed by atoms with van der Waals surface area (Å²) in [6.07, 6.45) is 2.95. The standard InChI is InChI=1S/C7H14O/c1-4-7(3,5-2)6-8/h6H,4-5H2,1-3H3. The Bertz CT molecular complexity index is 72.5. The van der Waals surface area contributed by atoms with Gasteiger partial charge in [-0.1, -0.05) is 20.8 Å². The monoisotopic (exact) mass is 114 g/mol. The average molecular weight is 114 g/mol. The largest absolute Gasteiger partial charge is 0.303 e. The zero-order valence-electron chi connectivity index (χ0n) is 5.90. The highest BCUT2D eigenvalue weighted by molar-refractivity contribution is 5.58. The van der Waals surface area contributed by atoms with E-state index in [1.807, 2.05) is 20.8 Å². The molecular formula is C7H14O. The van der Waals surface area contributed by atoms with E-state index in [0.29, 0.717) is 0 Å². The summed E-state index contributed by atoms with van der Waals surface area (Å²) in [6, 6.07) is 0. The molecule has 0 bridgehead atoms. The van der Waals surface area contributed by atoms with E-state index >= 15 is 0 Å². The molecule has 0 saturated heterocycles. The highest BCUT2D eigenvalue weighted by Crippen LogP contribution is 2.20. The van der Waals surface area contributed by atoms with Gasteiger partial charge in [0.2, 0.25) is 0 Å². The lowest BCUT2D eigenvalue weighted by molar-refractivity contribution is -0.115. The quantitative estimate of drug-likeness (QED) is 0.513. The summed E-state index contributed by atoms with van der Waals surface area (Å²) in [4.78, 5) is 10.3. The predicted octanol–water partition coefficient (Wildman–Crippen LogP) is 2.01. The Morgan fingerprint density at radius 2 is 1.75 bits per heavy atom. The van der Waals surface area contributed by atoms with Crippen LogP contribution in [0.25, 0.3) is 0 Å². The molecule has 0 heterocycles. The lowest BCUT2D eigenvalue weighted by atomic mass is 9.87. The molecule has 0 spiro atoms. The third-order valence-corrected chi connectivity index (χ3v) is 1.90. The number of carbonyl (C=O) groups excluding carboxylic acids is 1. The van der Waals surface area contributed by atoms with Crippen molar-refractivity contribution in [3.8, 4) is 0 Å². The maximum Gasteiger partial charge on any atom is 0.125 e. The minimum atomic E-state index is -0.0556. The minimum absolute atomic E-state index is 0.0556. The number of aldehydes is 1. The first-order valence-electron chi connectivity index (χ1n) is 3.15. The van der Waals surface area contributed by atoms with Gasteiger partial charge in [0.25, 0.3) is 0 Å². The SMILES string of the molecule is CCC(C)(C=O)CC. The fourth-order valence-electron chi connectivity index (χ4n) is 0.417. The molecule has 8 heavy (non-hydrogen) atoms. The van der Waals surface area contributed by atoms with Crippen LogP contribution in [0.4, 0.5) is 0 Å². The summed E-state index contributed by atoms with van der Waals surface area (Å²) >= 11 is 0. The average Bonchev–Trinajstić information content (AvgIpc) is 1.87. The van der Waals surface area contributed by atoms with Crippen molar-refractivity contribution < 1.29 is 4.79 Å². The van der Waals surface area contributed by atoms with E-state index in [1.165, 1.54) is 0 Å². The van der Waals surface area contributed by atoms with Crippen LogP contribution in [0.1, 0.15) is 33.6 Å². The summed E-state index contributed by atoms with van der Waals surface area (Å²) < 4.78 is 0. The minimum Gasteiger partial charge on any atom is -0.303 e. The smallest absolute Gasteiger partial charge is 0.125 e. The molecule has 0 saturated carbocycles. The number of carbonyl (C=O) groups is 1. The van der Waals surface area contributed by atoms with Crippen molar-refractivity contribution in [3.05, 3.63) is 0 Å². The zero-order valence-corrected chi connectivity index (χ0v) is 5.90. The van der Waals surface area contributed by atoms with Crippen LogP contribution >= 0.6 is 0 Å². The van der Waals surface area contributed by atoms with E-state index in [0.717, 1.165) is 19.1 Å². The highest BCUT2D eigenvalue weighted by atomic mass is 16.1. The lowest BCUT2D eigenvalue weighted by Crippen LogP contribution is -2.14. The molecule has 0 unspecified atom stereocenters. The summed E-state index contributed by atoms with van der Waals surface area (Å²) in [5.41, 5.74) is -0.0556. The summed E-state index contributed by atoms with van der Waals surface area (Å²) in [7, 11) is 0. The van der Waals surface area contributed by atoms with Crippen molar-refractivity contribution in [2.24, 2.45) is 5.41 Å². The van der Waals surface area contributed by atoms with E-state index in [1.54, 1.807) is 0 Å². The van der Waals surface area contributed by atoms with Gasteiger partial charge in [0.15, 0.2) is 0 Å². The van der Waals surface area contributed by atoms with Gasteiger partial charge in [-0.25, -0.2) is 0 Å². The van der Waals surface area contributed by atoms with Crippen LogP contribution in [0.5, 0.6) is 0 Å². The summed E-state index contributed by atoms with van der Waals surface area (Å²) in [5.74, 6) is 0. The van der Waals surface area contributed by atoms with Gasteiger partial charge in [0.05, 0.1) is 0 Å². The van der Waals surface area contributed by atoms with E-state index in [-0.39, 0.29) is 5.41 Å². The van der Waals surface area contributed by atoms with Crippen LogP contribution in [0.2, 0.25) is 0 Å². The lowest BCUT2D eigenvalue weighted by Gasteiger charge is -2.16. The summed E-state index contributed by atoms with van der Waals surface area (Å²) in [6.45, 7) is 6.07. The van der Waals surface area contributed by atoms with Crippen LogP contribution in [0.3, 0.4) is 0 Å². The first-order valence-corrected chi connectivity index (χ1v) is 3.15. The first-order chi connectivity index (χ1) is 3.68. The first kappa shape index (κ1) is 7.67. The fourth-order valence-corrected chi connectivity index (χ4v) is 0.417. The molecule has 0 fully saturated rings. The third-order valence-electron chi connectivity index (χ3n) is 1.90. The summed E-state index contributed by atoms with van der Waals surface area (Å²) in [5, 5.41) is 0. The van der Waals surface area contributed by atoms with Gasteiger partial charge in [-0.05, 0) is 12.8 Å². The molecule has 48 valence electrons. The van der Waals surface area contributed by atoms with Gasteiger partial charge in [0.1, 0.15) is 6.29 Å². The van der Waals surface area contributed by atoms with Gasteiger partial charge in [0, 0.05) is 5.41 Å². The molecule has 0 aromatic carbocycles. The molecule has 0 rings (SSSR count). The maximum absolute atomic E-state index is 10.3. The van der Waals surface area contributed by atoms with Crippen LogP contribution in [-0.2, 0) is 4.79 Å². The second-order valence-corrected chi connectivity index (χ2v) is 2.48. The molecule has 0 aliphatic heterocycles. The van der Waals surface area contributed by atoms with Gasteiger partial charge in [-0.15, -0.1) is 0 Å². The maximum atomic E-state index is 10.3. The number of hydrogen-bond acceptors (Lipinski definition) is 1. The highest BCUT2D eigenvalue weighted by Gasteiger charge is 2.16. The fraction of sp³-hybridized carbons (Fsp3) is 0.857. The Labute approximate surface area is 51.1 Å². The van der Waals surface area contributed by atoms with Crippen LogP contribution in [0, 0.1) is 5.41 Å². The Morgan fingerprint density at radius 1 is 1.38 bits per heavy atom. The second kappa shape index (κ2) is 2.85. The molecule has 0 radical (unpaired) electrons. The Kier molecular flexibility index (Phi) is 2.74. The van der Waals surface area contributed by atoms with Crippen molar-refractivity contribution in [3.63, 3.8) is 0 Å². The van der Waals surface area contributed by atoms with Crippen LogP contribution < -0.4 is 0 Å². The van der Waals surface area contributed by atoms with E-state index in [4.69, 9.17) is 0 Å². The third kappa shape index (κ3) is 1.65. The topological polar surface area (TPSA) is 17.1 Å². The van der Waals surface area contributed by atoms with Crippen molar-refractivity contribution in [2.75, 3.05) is 0 Å². The Balaban J connectivity index is 3.76. The van der Waals surface area contributed by atoms with E-state index < -0.39 is 0 Å². The molecule has 0 aliphatic carbocycles. The molecule has 0 aromatic rings. The molecule has 1 nitrogen and oxygen atoms in total. The van der Waals surface area contributed by atoms with Crippen molar-refractivity contribution in [1.29, 1.82) is 0 Å². The van der Waals surface area contributed by atoms with Crippen LogP contribution in [-0.4, -0.2) is 6.29 Å². The van der Waals surface area contributed by atoms with Crippen LogP contribution in [0.15, 0.2) is 0 Å². The molecule has 1 heteroatoms. The van der Waals surface area contributed by atoms with Crippen molar-refractivity contribution in [2.45, 2.75) is 33.6 Å².